The molecule has 2 aliphatic rings. The summed E-state index contributed by atoms with van der Waals surface area (Å²) in [6.45, 7) is -0.985. The zero-order chi connectivity index (χ0) is 19.2. The zero-order valence-corrected chi connectivity index (χ0v) is 14.2. The van der Waals surface area contributed by atoms with Crippen LogP contribution >= 0.6 is 0 Å². The van der Waals surface area contributed by atoms with E-state index in [9.17, 15) is 14.7 Å². The van der Waals surface area contributed by atoms with Crippen LogP contribution in [0.2, 0.25) is 0 Å². The van der Waals surface area contributed by atoms with Crippen LogP contribution in [0.4, 0.5) is 4.39 Å². The van der Waals surface area contributed by atoms with Gasteiger partial charge in [-0.15, -0.1) is 0 Å². The van der Waals surface area contributed by atoms with Crippen LogP contribution in [0.25, 0.3) is 0 Å². The van der Waals surface area contributed by atoms with Crippen LogP contribution in [0.1, 0.15) is 18.1 Å². The van der Waals surface area contributed by atoms with Crippen molar-refractivity contribution in [3.8, 4) is 5.75 Å². The fourth-order valence-corrected chi connectivity index (χ4v) is 3.24. The fourth-order valence-electron chi connectivity index (χ4n) is 3.24. The Bertz CT molecular complexity index is 943. The number of methoxy groups -OCH3 is 1. The van der Waals surface area contributed by atoms with Crippen molar-refractivity contribution in [2.75, 3.05) is 13.7 Å². The number of fused-ring (bicyclic) bond motifs is 1. The molecule has 0 aliphatic carbocycles. The van der Waals surface area contributed by atoms with E-state index in [-0.39, 0.29) is 0 Å². The lowest BCUT2D eigenvalue weighted by Crippen LogP contribution is -2.41. The highest BCUT2D eigenvalue weighted by Gasteiger charge is 2.63. The van der Waals surface area contributed by atoms with Crippen molar-refractivity contribution in [2.24, 2.45) is 0 Å². The minimum Gasteiger partial charge on any atom is -0.497 e. The Morgan fingerprint density at radius 2 is 2.00 bits per heavy atom. The van der Waals surface area contributed by atoms with Crippen molar-refractivity contribution >= 4 is 0 Å². The second-order valence-electron chi connectivity index (χ2n) is 6.23. The number of hydrogen-bond donors (Lipinski definition) is 2. The topological polar surface area (TPSA) is 112 Å². The number of rotatable bonds is 4. The van der Waals surface area contributed by atoms with Crippen molar-refractivity contribution < 1.29 is 28.4 Å². The van der Waals surface area contributed by atoms with E-state index in [1.165, 1.54) is 13.3 Å². The molecule has 144 valence electrons. The molecule has 27 heavy (non-hydrogen) atoms. The van der Waals surface area contributed by atoms with Crippen LogP contribution in [0.15, 0.2) is 46.1 Å². The Balaban J connectivity index is 1.67. The summed E-state index contributed by atoms with van der Waals surface area (Å²) in [6.07, 6.45) is -3.25. The molecule has 2 N–H and O–H groups in total. The van der Waals surface area contributed by atoms with Crippen LogP contribution in [-0.4, -0.2) is 46.4 Å². The number of alkyl halides is 1. The van der Waals surface area contributed by atoms with E-state index in [0.29, 0.717) is 11.3 Å². The molecule has 2 aliphatic heterocycles. The van der Waals surface area contributed by atoms with Gasteiger partial charge in [0.1, 0.15) is 18.5 Å². The molecule has 1 aromatic heterocycles. The van der Waals surface area contributed by atoms with E-state index in [1.54, 1.807) is 24.3 Å². The maximum atomic E-state index is 15.1. The predicted molar refractivity (Wildman–Crippen MR) is 87.9 cm³/mol. The van der Waals surface area contributed by atoms with Crippen molar-refractivity contribution in [3.63, 3.8) is 0 Å². The Hall–Kier alpha value is -2.53. The molecule has 1 unspecified atom stereocenters. The number of hydrogen-bond acceptors (Lipinski definition) is 7. The molecule has 9 nitrogen and oxygen atoms in total. The summed E-state index contributed by atoms with van der Waals surface area (Å²) in [7, 11) is 1.53. The van der Waals surface area contributed by atoms with Gasteiger partial charge in [0.05, 0.1) is 7.11 Å². The zero-order valence-electron chi connectivity index (χ0n) is 14.2. The van der Waals surface area contributed by atoms with Gasteiger partial charge in [-0.25, -0.2) is 9.18 Å². The average Bonchev–Trinajstić information content (AvgIpc) is 3.22. The molecule has 4 rings (SSSR count). The van der Waals surface area contributed by atoms with Gasteiger partial charge in [-0.3, -0.25) is 14.3 Å². The van der Waals surface area contributed by atoms with Crippen LogP contribution in [0.3, 0.4) is 0 Å². The largest absolute Gasteiger partial charge is 0.497 e. The quantitative estimate of drug-likeness (QED) is 0.780. The second-order valence-corrected chi connectivity index (χ2v) is 6.23. The van der Waals surface area contributed by atoms with Crippen molar-refractivity contribution in [1.29, 1.82) is 0 Å². The minimum absolute atomic E-state index is 0.598. The number of aliphatic hydroxyl groups is 1. The predicted octanol–water partition coefficient (Wildman–Crippen LogP) is 0.215. The molecule has 2 saturated heterocycles. The Morgan fingerprint density at radius 3 is 2.63 bits per heavy atom. The minimum atomic E-state index is -2.56. The summed E-state index contributed by atoms with van der Waals surface area (Å²) in [6, 6.07) is 7.90. The maximum absolute atomic E-state index is 15.1. The van der Waals surface area contributed by atoms with E-state index in [0.717, 1.165) is 10.6 Å². The molecule has 10 heteroatoms. The van der Waals surface area contributed by atoms with Gasteiger partial charge >= 0.3 is 5.69 Å². The summed E-state index contributed by atoms with van der Waals surface area (Å²) in [5.74, 6) is -1.93. The summed E-state index contributed by atoms with van der Waals surface area (Å²) in [4.78, 5) is 25.4. The first-order valence-electron chi connectivity index (χ1n) is 8.19. The molecule has 0 saturated carbocycles. The van der Waals surface area contributed by atoms with Crippen LogP contribution in [-0.2, 0) is 14.2 Å². The SMILES string of the molecule is COc1ccc(C2O[C@H]3[C@H](n4ccc(=O)[nH]c4=O)O[C@](F)(CO)[C@H]3O2)cc1. The standard InChI is InChI=1S/C17H17FN2O7/c1-24-10-4-2-9(3-5-10)15-25-12-13(26-15)17(18,8-21)27-14(12)20-7-6-11(22)19-16(20)23/h2-7,12-15,21H,8H2,1H3,(H,19,22,23)/t12-,13+,14-,15?,17-/m1/s1. The Morgan fingerprint density at radius 1 is 1.26 bits per heavy atom. The number of nitrogens with one attached hydrogen (secondary N) is 1. The van der Waals surface area contributed by atoms with E-state index >= 15 is 4.39 Å². The normalized spacial score (nSPS) is 32.4. The highest BCUT2D eigenvalue weighted by molar-refractivity contribution is 5.28. The lowest BCUT2D eigenvalue weighted by Gasteiger charge is -2.24. The molecule has 5 atom stereocenters. The van der Waals surface area contributed by atoms with E-state index in [1.807, 2.05) is 0 Å². The molecule has 2 fully saturated rings. The first-order chi connectivity index (χ1) is 12.9. The highest BCUT2D eigenvalue weighted by Crippen LogP contribution is 2.49. The van der Waals surface area contributed by atoms with Gasteiger partial charge in [0.15, 0.2) is 18.6 Å². The number of halogens is 1. The molecule has 3 heterocycles. The van der Waals surface area contributed by atoms with Gasteiger partial charge in [0, 0.05) is 17.8 Å². The van der Waals surface area contributed by atoms with Gasteiger partial charge in [0.2, 0.25) is 0 Å². The van der Waals surface area contributed by atoms with Crippen molar-refractivity contribution in [2.45, 2.75) is 30.6 Å². The van der Waals surface area contributed by atoms with Crippen molar-refractivity contribution in [1.82, 2.24) is 9.55 Å². The first-order valence-corrected chi connectivity index (χ1v) is 8.19. The number of aromatic nitrogens is 2. The summed E-state index contributed by atoms with van der Waals surface area (Å²) in [5, 5.41) is 9.48. The summed E-state index contributed by atoms with van der Waals surface area (Å²) < 4.78 is 37.9. The Kier molecular flexibility index (Phi) is 4.35. The Labute approximate surface area is 151 Å². The summed E-state index contributed by atoms with van der Waals surface area (Å²) in [5.41, 5.74) is -0.776. The highest BCUT2D eigenvalue weighted by atomic mass is 19.2. The molecule has 2 aromatic rings. The molecule has 1 aromatic carbocycles. The second kappa shape index (κ2) is 6.57. The smallest absolute Gasteiger partial charge is 0.330 e. The van der Waals surface area contributed by atoms with Gasteiger partial charge < -0.3 is 24.1 Å². The lowest BCUT2D eigenvalue weighted by atomic mass is 10.1. The maximum Gasteiger partial charge on any atom is 0.330 e. The number of nitrogens with zero attached hydrogens (tertiary/aromatic N) is 1. The van der Waals surface area contributed by atoms with Gasteiger partial charge in [-0.1, -0.05) is 12.1 Å². The monoisotopic (exact) mass is 380 g/mol. The lowest BCUT2D eigenvalue weighted by molar-refractivity contribution is -0.244. The van der Waals surface area contributed by atoms with E-state index in [4.69, 9.17) is 18.9 Å². The van der Waals surface area contributed by atoms with Crippen LogP contribution in [0.5, 0.6) is 5.75 Å². The van der Waals surface area contributed by atoms with E-state index < -0.39 is 48.4 Å². The third-order valence-electron chi connectivity index (χ3n) is 4.60. The van der Waals surface area contributed by atoms with E-state index in [2.05, 4.69) is 4.98 Å². The molecular weight excluding hydrogens is 363 g/mol. The van der Waals surface area contributed by atoms with Gasteiger partial charge in [0.25, 0.3) is 11.4 Å². The third kappa shape index (κ3) is 2.96. The molecule has 0 bridgehead atoms. The van der Waals surface area contributed by atoms with Gasteiger partial charge in [-0.05, 0) is 12.1 Å². The fraction of sp³-hybridized carbons (Fsp3) is 0.412. The van der Waals surface area contributed by atoms with Crippen molar-refractivity contribution in [3.05, 3.63) is 62.9 Å². The van der Waals surface area contributed by atoms with Crippen LogP contribution in [0, 0.1) is 0 Å². The molecular formula is C17H17FN2O7. The average molecular weight is 380 g/mol. The number of ether oxygens (including phenoxy) is 4. The molecule has 0 spiro atoms. The number of benzene rings is 1. The molecule has 0 radical (unpaired) electrons. The number of aliphatic hydroxyl groups excluding tert-OH is 1. The molecule has 0 amide bonds. The number of H-pyrrole nitrogens is 1. The number of aromatic amines is 1. The van der Waals surface area contributed by atoms with Gasteiger partial charge in [-0.2, -0.15) is 0 Å². The first kappa shape index (κ1) is 17.9. The summed E-state index contributed by atoms with van der Waals surface area (Å²) >= 11 is 0. The third-order valence-corrected chi connectivity index (χ3v) is 4.60. The van der Waals surface area contributed by atoms with Crippen LogP contribution < -0.4 is 16.0 Å².